The SMILES string of the molecule is O=C(NCCc1ccccc1)[C@H](Cc1ccccc1)NS(=O)(=O)c1cc(Cl)ccc1Cl. The van der Waals surface area contributed by atoms with Crippen LogP contribution >= 0.6 is 23.2 Å². The molecule has 0 bridgehead atoms. The maximum absolute atomic E-state index is 13.0. The number of benzene rings is 3. The Morgan fingerprint density at radius 1 is 0.871 bits per heavy atom. The van der Waals surface area contributed by atoms with Crippen molar-refractivity contribution < 1.29 is 13.2 Å². The van der Waals surface area contributed by atoms with Crippen molar-refractivity contribution in [3.05, 3.63) is 100 Å². The number of hydrogen-bond acceptors (Lipinski definition) is 3. The van der Waals surface area contributed by atoms with Gasteiger partial charge in [0.2, 0.25) is 15.9 Å². The lowest BCUT2D eigenvalue weighted by molar-refractivity contribution is -0.122. The number of carbonyl (C=O) groups excluding carboxylic acids is 1. The molecular formula is C23H22Cl2N2O3S. The quantitative estimate of drug-likeness (QED) is 0.484. The van der Waals surface area contributed by atoms with E-state index in [1.54, 1.807) is 0 Å². The van der Waals surface area contributed by atoms with Crippen LogP contribution in [-0.2, 0) is 27.7 Å². The summed E-state index contributed by atoms with van der Waals surface area (Å²) in [6.45, 7) is 0.383. The van der Waals surface area contributed by atoms with E-state index in [4.69, 9.17) is 23.2 Å². The second-order valence-electron chi connectivity index (χ2n) is 6.96. The van der Waals surface area contributed by atoms with Crippen molar-refractivity contribution in [2.24, 2.45) is 0 Å². The van der Waals surface area contributed by atoms with Gasteiger partial charge in [-0.25, -0.2) is 8.42 Å². The minimum Gasteiger partial charge on any atom is -0.354 e. The molecule has 3 rings (SSSR count). The summed E-state index contributed by atoms with van der Waals surface area (Å²) in [6, 6.07) is 22.1. The van der Waals surface area contributed by atoms with E-state index in [9.17, 15) is 13.2 Å². The van der Waals surface area contributed by atoms with E-state index in [-0.39, 0.29) is 21.4 Å². The van der Waals surface area contributed by atoms with Crippen LogP contribution in [0.2, 0.25) is 10.0 Å². The number of amides is 1. The third-order valence-electron chi connectivity index (χ3n) is 4.64. The molecular weight excluding hydrogens is 455 g/mol. The molecule has 0 radical (unpaired) electrons. The average molecular weight is 477 g/mol. The molecule has 162 valence electrons. The molecule has 0 aliphatic rings. The lowest BCUT2D eigenvalue weighted by atomic mass is 10.1. The predicted molar refractivity (Wildman–Crippen MR) is 124 cm³/mol. The van der Waals surface area contributed by atoms with E-state index < -0.39 is 22.0 Å². The van der Waals surface area contributed by atoms with Gasteiger partial charge in [0.15, 0.2) is 0 Å². The average Bonchev–Trinajstić information content (AvgIpc) is 2.76. The van der Waals surface area contributed by atoms with Crippen LogP contribution in [0.25, 0.3) is 0 Å². The van der Waals surface area contributed by atoms with Gasteiger partial charge >= 0.3 is 0 Å². The first-order chi connectivity index (χ1) is 14.8. The number of hydrogen-bond donors (Lipinski definition) is 2. The van der Waals surface area contributed by atoms with E-state index in [2.05, 4.69) is 10.0 Å². The van der Waals surface area contributed by atoms with Crippen LogP contribution in [-0.4, -0.2) is 26.9 Å². The standard InChI is InChI=1S/C23H22Cl2N2O3S/c24-19-11-12-20(25)22(16-19)31(29,30)27-21(15-18-9-5-2-6-10-18)23(28)26-14-13-17-7-3-1-4-8-17/h1-12,16,21,27H,13-15H2,(H,26,28)/t21-/m0/s1. The van der Waals surface area contributed by atoms with Crippen LogP contribution in [0, 0.1) is 0 Å². The molecule has 0 saturated carbocycles. The normalized spacial score (nSPS) is 12.3. The van der Waals surface area contributed by atoms with Gasteiger partial charge in [-0.15, -0.1) is 0 Å². The summed E-state index contributed by atoms with van der Waals surface area (Å²) < 4.78 is 28.4. The Labute approximate surface area is 192 Å². The van der Waals surface area contributed by atoms with Crippen molar-refractivity contribution >= 4 is 39.1 Å². The summed E-state index contributed by atoms with van der Waals surface area (Å²) in [5.74, 6) is -0.415. The zero-order valence-electron chi connectivity index (χ0n) is 16.6. The number of halogens is 2. The molecule has 0 unspecified atom stereocenters. The fourth-order valence-electron chi connectivity index (χ4n) is 3.07. The van der Waals surface area contributed by atoms with Gasteiger partial charge in [0.1, 0.15) is 10.9 Å². The van der Waals surface area contributed by atoms with E-state index in [0.29, 0.717) is 13.0 Å². The molecule has 0 saturated heterocycles. The van der Waals surface area contributed by atoms with Crippen molar-refractivity contribution in [1.29, 1.82) is 0 Å². The Hall–Kier alpha value is -2.38. The first-order valence-electron chi connectivity index (χ1n) is 9.68. The van der Waals surface area contributed by atoms with Crippen LogP contribution in [0.4, 0.5) is 0 Å². The van der Waals surface area contributed by atoms with Gasteiger partial charge in [0, 0.05) is 11.6 Å². The smallest absolute Gasteiger partial charge is 0.242 e. The van der Waals surface area contributed by atoms with Gasteiger partial charge in [-0.3, -0.25) is 4.79 Å². The highest BCUT2D eigenvalue weighted by molar-refractivity contribution is 7.89. The van der Waals surface area contributed by atoms with Gasteiger partial charge in [0.05, 0.1) is 5.02 Å². The number of sulfonamides is 1. The molecule has 5 nitrogen and oxygen atoms in total. The summed E-state index contributed by atoms with van der Waals surface area (Å²) in [5.41, 5.74) is 1.90. The first-order valence-corrected chi connectivity index (χ1v) is 11.9. The molecule has 0 aliphatic carbocycles. The van der Waals surface area contributed by atoms with Gasteiger partial charge in [-0.1, -0.05) is 83.9 Å². The van der Waals surface area contributed by atoms with Crippen molar-refractivity contribution in [2.75, 3.05) is 6.54 Å². The third-order valence-corrected chi connectivity index (χ3v) is 6.82. The summed E-state index contributed by atoms with van der Waals surface area (Å²) in [5, 5.41) is 3.09. The monoisotopic (exact) mass is 476 g/mol. The Kier molecular flexibility index (Phi) is 8.09. The zero-order chi connectivity index (χ0) is 22.3. The van der Waals surface area contributed by atoms with Crippen LogP contribution in [0.1, 0.15) is 11.1 Å². The van der Waals surface area contributed by atoms with E-state index in [1.807, 2.05) is 60.7 Å². The molecule has 2 N–H and O–H groups in total. The number of rotatable bonds is 9. The van der Waals surface area contributed by atoms with Crippen LogP contribution < -0.4 is 10.0 Å². The highest BCUT2D eigenvalue weighted by Gasteiger charge is 2.27. The molecule has 0 heterocycles. The Morgan fingerprint density at radius 3 is 2.13 bits per heavy atom. The zero-order valence-corrected chi connectivity index (χ0v) is 18.9. The van der Waals surface area contributed by atoms with Crippen LogP contribution in [0.3, 0.4) is 0 Å². The second kappa shape index (κ2) is 10.8. The molecule has 3 aromatic rings. The Bertz CT molecular complexity index is 1120. The maximum Gasteiger partial charge on any atom is 0.242 e. The van der Waals surface area contributed by atoms with E-state index in [1.165, 1.54) is 18.2 Å². The fourth-order valence-corrected chi connectivity index (χ4v) is 5.03. The minimum absolute atomic E-state index is 0.0276. The van der Waals surface area contributed by atoms with Crippen molar-refractivity contribution in [3.8, 4) is 0 Å². The summed E-state index contributed by atoms with van der Waals surface area (Å²) in [4.78, 5) is 12.7. The lowest BCUT2D eigenvalue weighted by Crippen LogP contribution is -2.48. The molecule has 31 heavy (non-hydrogen) atoms. The largest absolute Gasteiger partial charge is 0.354 e. The van der Waals surface area contributed by atoms with Crippen LogP contribution in [0.5, 0.6) is 0 Å². The van der Waals surface area contributed by atoms with Gasteiger partial charge in [-0.05, 0) is 42.2 Å². The Morgan fingerprint density at radius 2 is 1.48 bits per heavy atom. The van der Waals surface area contributed by atoms with Gasteiger partial charge in [0.25, 0.3) is 0 Å². The van der Waals surface area contributed by atoms with E-state index >= 15 is 0 Å². The summed E-state index contributed by atoms with van der Waals surface area (Å²) >= 11 is 12.0. The molecule has 0 aliphatic heterocycles. The molecule has 0 fully saturated rings. The third kappa shape index (κ3) is 6.80. The van der Waals surface area contributed by atoms with Crippen molar-refractivity contribution in [3.63, 3.8) is 0 Å². The first kappa shape index (κ1) is 23.3. The van der Waals surface area contributed by atoms with Crippen molar-refractivity contribution in [2.45, 2.75) is 23.8 Å². The summed E-state index contributed by atoms with van der Waals surface area (Å²) in [6.07, 6.45) is 0.826. The van der Waals surface area contributed by atoms with Crippen molar-refractivity contribution in [1.82, 2.24) is 10.0 Å². The van der Waals surface area contributed by atoms with E-state index in [0.717, 1.165) is 11.1 Å². The fraction of sp³-hybridized carbons (Fsp3) is 0.174. The summed E-state index contributed by atoms with van der Waals surface area (Å²) in [7, 11) is -4.08. The molecule has 8 heteroatoms. The minimum atomic E-state index is -4.08. The number of nitrogens with one attached hydrogen (secondary N) is 2. The van der Waals surface area contributed by atoms with Crippen LogP contribution in [0.15, 0.2) is 83.8 Å². The molecule has 0 spiro atoms. The lowest BCUT2D eigenvalue weighted by Gasteiger charge is -2.19. The maximum atomic E-state index is 13.0. The molecule has 0 aromatic heterocycles. The van der Waals surface area contributed by atoms with Gasteiger partial charge in [-0.2, -0.15) is 4.72 Å². The predicted octanol–water partition coefficient (Wildman–Crippen LogP) is 4.24. The highest BCUT2D eigenvalue weighted by Crippen LogP contribution is 2.25. The Balaban J connectivity index is 1.77. The number of carbonyl (C=O) groups is 1. The second-order valence-corrected chi connectivity index (χ2v) is 9.49. The topological polar surface area (TPSA) is 75.3 Å². The van der Waals surface area contributed by atoms with Gasteiger partial charge < -0.3 is 5.32 Å². The molecule has 3 aromatic carbocycles. The molecule has 1 atom stereocenters. The highest BCUT2D eigenvalue weighted by atomic mass is 35.5. The molecule has 1 amide bonds.